The molecule has 0 unspecified atom stereocenters. The second kappa shape index (κ2) is 12.7. The minimum Gasteiger partial charge on any atom is -0.346 e. The van der Waals surface area contributed by atoms with Crippen LogP contribution in [0.2, 0.25) is 0 Å². The van der Waals surface area contributed by atoms with E-state index >= 15 is 0 Å². The van der Waals surface area contributed by atoms with Crippen molar-refractivity contribution in [3.05, 3.63) is 143 Å². The Labute approximate surface area is 229 Å². The molecule has 6 heteroatoms. The number of hydrogen-bond acceptors (Lipinski definition) is 3. The molecule has 4 rings (SSSR count). The molecule has 0 heterocycles. The highest BCUT2D eigenvalue weighted by Crippen LogP contribution is 2.19. The summed E-state index contributed by atoms with van der Waals surface area (Å²) in [4.78, 5) is 39.9. The molecule has 39 heavy (non-hydrogen) atoms. The van der Waals surface area contributed by atoms with Crippen molar-refractivity contribution in [3.63, 3.8) is 0 Å². The molecule has 4 aromatic rings. The lowest BCUT2D eigenvalue weighted by molar-refractivity contribution is 0.0939. The van der Waals surface area contributed by atoms with Crippen LogP contribution in [0.25, 0.3) is 0 Å². The molecule has 3 atom stereocenters. The molecule has 3 N–H and O–H groups in total. The van der Waals surface area contributed by atoms with Gasteiger partial charge < -0.3 is 16.0 Å². The molecule has 0 aromatic heterocycles. The smallest absolute Gasteiger partial charge is 0.251 e. The van der Waals surface area contributed by atoms with Gasteiger partial charge in [-0.05, 0) is 55.7 Å². The molecule has 0 radical (unpaired) electrons. The van der Waals surface area contributed by atoms with E-state index in [2.05, 4.69) is 16.0 Å². The first-order chi connectivity index (χ1) is 18.8. The van der Waals surface area contributed by atoms with Crippen LogP contribution in [-0.4, -0.2) is 17.7 Å². The fraction of sp³-hybridized carbons (Fsp3) is 0.182. The predicted molar refractivity (Wildman–Crippen MR) is 153 cm³/mol. The van der Waals surface area contributed by atoms with Crippen molar-refractivity contribution in [2.75, 3.05) is 0 Å². The van der Waals surface area contributed by atoms with Crippen molar-refractivity contribution in [1.82, 2.24) is 16.0 Å². The molecule has 0 saturated heterocycles. The summed E-state index contributed by atoms with van der Waals surface area (Å²) in [5.41, 5.74) is 3.55. The molecule has 0 aliphatic heterocycles. The SMILES string of the molecule is C[C@H](NC(=O)c1cc(C(=O)N[C@H](C)c2ccccc2)cc(C(=O)N[C@H](C)c2ccccc2)c1)c1ccccc1. The van der Waals surface area contributed by atoms with E-state index in [1.807, 2.05) is 112 Å². The van der Waals surface area contributed by atoms with E-state index in [0.717, 1.165) is 16.7 Å². The van der Waals surface area contributed by atoms with E-state index in [1.165, 1.54) is 18.2 Å². The Bertz CT molecular complexity index is 1240. The average molecular weight is 520 g/mol. The fourth-order valence-electron chi connectivity index (χ4n) is 4.34. The Hall–Kier alpha value is -4.71. The lowest BCUT2D eigenvalue weighted by Gasteiger charge is -2.18. The second-order valence-electron chi connectivity index (χ2n) is 9.62. The second-order valence-corrected chi connectivity index (χ2v) is 9.62. The van der Waals surface area contributed by atoms with Gasteiger partial charge in [0.25, 0.3) is 17.7 Å². The predicted octanol–water partition coefficient (Wildman–Crippen LogP) is 6.16. The summed E-state index contributed by atoms with van der Waals surface area (Å²) in [5, 5.41) is 8.93. The third-order valence-electron chi connectivity index (χ3n) is 6.66. The molecule has 0 spiro atoms. The number of hydrogen-bond donors (Lipinski definition) is 3. The van der Waals surface area contributed by atoms with Gasteiger partial charge >= 0.3 is 0 Å². The quantitative estimate of drug-likeness (QED) is 0.248. The zero-order chi connectivity index (χ0) is 27.8. The van der Waals surface area contributed by atoms with E-state index in [9.17, 15) is 14.4 Å². The minimum atomic E-state index is -0.373. The molecule has 0 aliphatic rings. The van der Waals surface area contributed by atoms with E-state index in [0.29, 0.717) is 0 Å². The van der Waals surface area contributed by atoms with E-state index in [-0.39, 0.29) is 52.5 Å². The van der Waals surface area contributed by atoms with Gasteiger partial charge in [-0.25, -0.2) is 0 Å². The largest absolute Gasteiger partial charge is 0.346 e. The van der Waals surface area contributed by atoms with Gasteiger partial charge in [-0.15, -0.1) is 0 Å². The highest BCUT2D eigenvalue weighted by molar-refractivity contribution is 6.04. The molecule has 6 nitrogen and oxygen atoms in total. The first kappa shape index (κ1) is 27.3. The maximum Gasteiger partial charge on any atom is 0.251 e. The van der Waals surface area contributed by atoms with E-state index in [4.69, 9.17) is 0 Å². The third kappa shape index (κ3) is 7.20. The maximum absolute atomic E-state index is 13.3. The van der Waals surface area contributed by atoms with E-state index < -0.39 is 0 Å². The topological polar surface area (TPSA) is 87.3 Å². The monoisotopic (exact) mass is 519 g/mol. The number of carbonyl (C=O) groups is 3. The highest BCUT2D eigenvalue weighted by Gasteiger charge is 2.20. The van der Waals surface area contributed by atoms with Crippen molar-refractivity contribution in [3.8, 4) is 0 Å². The van der Waals surface area contributed by atoms with Crippen molar-refractivity contribution in [1.29, 1.82) is 0 Å². The Morgan fingerprint density at radius 3 is 0.897 bits per heavy atom. The Kier molecular flexibility index (Phi) is 8.90. The number of amides is 3. The van der Waals surface area contributed by atoms with Crippen LogP contribution in [0.15, 0.2) is 109 Å². The Morgan fingerprint density at radius 2 is 0.667 bits per heavy atom. The summed E-state index contributed by atoms with van der Waals surface area (Å²) in [6.07, 6.45) is 0. The van der Waals surface area contributed by atoms with Gasteiger partial charge in [0.05, 0.1) is 18.1 Å². The number of rotatable bonds is 9. The molecular weight excluding hydrogens is 486 g/mol. The fourth-order valence-corrected chi connectivity index (χ4v) is 4.34. The molecule has 0 bridgehead atoms. The number of carbonyl (C=O) groups excluding carboxylic acids is 3. The first-order valence-corrected chi connectivity index (χ1v) is 13.0. The first-order valence-electron chi connectivity index (χ1n) is 13.0. The molecule has 0 saturated carbocycles. The van der Waals surface area contributed by atoms with Gasteiger partial charge in [-0.1, -0.05) is 91.0 Å². The van der Waals surface area contributed by atoms with Crippen LogP contribution in [0, 0.1) is 0 Å². The van der Waals surface area contributed by atoms with Crippen LogP contribution in [0.4, 0.5) is 0 Å². The standard InChI is InChI=1S/C33H33N3O3/c1-22(25-13-7-4-8-14-25)34-31(37)28-19-29(32(38)35-23(2)26-15-9-5-10-16-26)21-30(20-28)33(39)36-24(3)27-17-11-6-12-18-27/h4-24H,1-3H3,(H,34,37)(H,35,38)(H,36,39)/t22-,23-,24+/m1/s1. The van der Waals surface area contributed by atoms with Gasteiger partial charge in [0.15, 0.2) is 0 Å². The molecule has 0 aliphatic carbocycles. The Morgan fingerprint density at radius 1 is 0.436 bits per heavy atom. The number of benzene rings is 4. The van der Waals surface area contributed by atoms with Gasteiger partial charge in [0, 0.05) is 16.7 Å². The van der Waals surface area contributed by atoms with Gasteiger partial charge in [-0.3, -0.25) is 14.4 Å². The lowest BCUT2D eigenvalue weighted by atomic mass is 10.0. The normalized spacial score (nSPS) is 13.0. The molecule has 4 aromatic carbocycles. The van der Waals surface area contributed by atoms with Crippen LogP contribution >= 0.6 is 0 Å². The van der Waals surface area contributed by atoms with E-state index in [1.54, 1.807) is 0 Å². The summed E-state index contributed by atoms with van der Waals surface area (Å²) in [6.45, 7) is 5.67. The summed E-state index contributed by atoms with van der Waals surface area (Å²) in [5.74, 6) is -1.12. The van der Waals surface area contributed by atoms with Gasteiger partial charge in [0.2, 0.25) is 0 Å². The lowest BCUT2D eigenvalue weighted by Crippen LogP contribution is -2.31. The van der Waals surface area contributed by atoms with Gasteiger partial charge in [0.1, 0.15) is 0 Å². The minimum absolute atomic E-state index is 0.232. The summed E-state index contributed by atoms with van der Waals surface area (Å²) >= 11 is 0. The van der Waals surface area contributed by atoms with Crippen molar-refractivity contribution in [2.24, 2.45) is 0 Å². The molecule has 3 amide bonds. The third-order valence-corrected chi connectivity index (χ3v) is 6.66. The average Bonchev–Trinajstić information content (AvgIpc) is 2.98. The van der Waals surface area contributed by atoms with Crippen molar-refractivity contribution in [2.45, 2.75) is 38.9 Å². The number of nitrogens with one attached hydrogen (secondary N) is 3. The zero-order valence-electron chi connectivity index (χ0n) is 22.3. The van der Waals surface area contributed by atoms with Crippen molar-refractivity contribution < 1.29 is 14.4 Å². The van der Waals surface area contributed by atoms with Crippen LogP contribution in [0.5, 0.6) is 0 Å². The van der Waals surface area contributed by atoms with Crippen LogP contribution in [-0.2, 0) is 0 Å². The zero-order valence-corrected chi connectivity index (χ0v) is 22.3. The van der Waals surface area contributed by atoms with Crippen molar-refractivity contribution >= 4 is 17.7 Å². The van der Waals surface area contributed by atoms with Crippen LogP contribution < -0.4 is 16.0 Å². The summed E-state index contributed by atoms with van der Waals surface area (Å²) < 4.78 is 0. The van der Waals surface area contributed by atoms with Crippen LogP contribution in [0.1, 0.15) is 86.7 Å². The summed E-state index contributed by atoms with van der Waals surface area (Å²) in [7, 11) is 0. The van der Waals surface area contributed by atoms with Crippen LogP contribution in [0.3, 0.4) is 0 Å². The Balaban J connectivity index is 1.60. The molecular formula is C33H33N3O3. The highest BCUT2D eigenvalue weighted by atomic mass is 16.2. The maximum atomic E-state index is 13.3. The summed E-state index contributed by atoms with van der Waals surface area (Å²) in [6, 6.07) is 32.6. The molecule has 0 fully saturated rings. The van der Waals surface area contributed by atoms with Gasteiger partial charge in [-0.2, -0.15) is 0 Å². The molecule has 198 valence electrons.